The topological polar surface area (TPSA) is 128 Å². The minimum absolute atomic E-state index is 0.0795. The number of rotatable bonds is 9. The van der Waals surface area contributed by atoms with Crippen molar-refractivity contribution in [1.82, 2.24) is 4.90 Å². The molecule has 0 radical (unpaired) electrons. The lowest BCUT2D eigenvalue weighted by Gasteiger charge is -2.40. The van der Waals surface area contributed by atoms with Gasteiger partial charge in [0, 0.05) is 36.1 Å². The number of carbonyl (C=O) groups excluding carboxylic acids is 2. The van der Waals surface area contributed by atoms with Gasteiger partial charge in [0.1, 0.15) is 6.04 Å². The predicted octanol–water partition coefficient (Wildman–Crippen LogP) is 4.80. The summed E-state index contributed by atoms with van der Waals surface area (Å²) in [5.74, 6) is 3.80. The van der Waals surface area contributed by atoms with Gasteiger partial charge in [0.05, 0.1) is 12.6 Å². The molecule has 9 nitrogen and oxygen atoms in total. The van der Waals surface area contributed by atoms with Crippen molar-refractivity contribution < 1.29 is 19.5 Å². The standard InChI is InChI=1S/C33H37N5O4/c34-35-21-24-11-13-25(14-12-24)32(41)36-27-15-16-29-26(19-27)22-37(18-17-23-7-3-1-4-8-23)33(42)30(20-31(39)40)38(29)28-9-5-2-6-10-28/h1,3-4,7-8,11-16,19,21,28,30H,2,5-6,9-10,17-18,20,22,34H2,(H,36,41)(H,39,40). The van der Waals surface area contributed by atoms with Crippen molar-refractivity contribution in [2.24, 2.45) is 10.9 Å². The van der Waals surface area contributed by atoms with Crippen LogP contribution in [0.1, 0.15) is 65.6 Å². The van der Waals surface area contributed by atoms with E-state index in [1.165, 1.54) is 6.21 Å². The Labute approximate surface area is 246 Å². The van der Waals surface area contributed by atoms with Gasteiger partial charge in [-0.1, -0.05) is 61.7 Å². The number of amides is 2. The number of hydrogen-bond donors (Lipinski definition) is 3. The van der Waals surface area contributed by atoms with Crippen molar-refractivity contribution in [3.63, 3.8) is 0 Å². The van der Waals surface area contributed by atoms with Crippen molar-refractivity contribution >= 4 is 35.4 Å². The Kier molecular flexibility index (Phi) is 9.16. The minimum atomic E-state index is -0.992. The van der Waals surface area contributed by atoms with E-state index < -0.39 is 12.0 Å². The summed E-state index contributed by atoms with van der Waals surface area (Å²) in [6.07, 6.45) is 6.97. The van der Waals surface area contributed by atoms with Crippen LogP contribution in [0.3, 0.4) is 0 Å². The molecule has 5 rings (SSSR count). The van der Waals surface area contributed by atoms with Crippen molar-refractivity contribution in [2.45, 2.75) is 63.6 Å². The van der Waals surface area contributed by atoms with Gasteiger partial charge < -0.3 is 26.1 Å². The number of nitrogens with zero attached hydrogens (tertiary/aromatic N) is 3. The normalized spacial score (nSPS) is 17.6. The Hall–Kier alpha value is -4.66. The smallest absolute Gasteiger partial charge is 0.305 e. The number of carboxylic acid groups (broad SMARTS) is 1. The molecule has 1 saturated carbocycles. The van der Waals surface area contributed by atoms with E-state index in [4.69, 9.17) is 5.84 Å². The lowest BCUT2D eigenvalue weighted by Crippen LogP contribution is -2.52. The molecule has 2 aliphatic rings. The van der Waals surface area contributed by atoms with E-state index in [0.717, 1.165) is 54.5 Å². The van der Waals surface area contributed by atoms with Crippen LogP contribution in [-0.4, -0.2) is 52.6 Å². The maximum absolute atomic E-state index is 14.1. The molecule has 1 heterocycles. The van der Waals surface area contributed by atoms with Crippen molar-refractivity contribution in [3.05, 3.63) is 95.1 Å². The first-order chi connectivity index (χ1) is 20.4. The van der Waals surface area contributed by atoms with Crippen LogP contribution < -0.4 is 16.1 Å². The number of hydrogen-bond acceptors (Lipinski definition) is 6. The minimum Gasteiger partial charge on any atom is -0.481 e. The molecule has 0 bridgehead atoms. The number of carboxylic acids is 1. The van der Waals surface area contributed by atoms with Crippen LogP contribution >= 0.6 is 0 Å². The van der Waals surface area contributed by atoms with Gasteiger partial charge >= 0.3 is 5.97 Å². The molecule has 0 saturated heterocycles. The molecule has 1 unspecified atom stereocenters. The third-order valence-corrected chi connectivity index (χ3v) is 8.16. The maximum atomic E-state index is 14.1. The SMILES string of the molecule is NN=Cc1ccc(C(=O)Nc2ccc3c(c2)CN(CCc2ccccc2)C(=O)C(CC(=O)O)N3C2CCCCC2)cc1. The fourth-order valence-corrected chi connectivity index (χ4v) is 6.09. The van der Waals surface area contributed by atoms with Gasteiger partial charge in [-0.15, -0.1) is 0 Å². The lowest BCUT2D eigenvalue weighted by atomic mass is 9.91. The second-order valence-electron chi connectivity index (χ2n) is 11.0. The van der Waals surface area contributed by atoms with Gasteiger partial charge in [-0.2, -0.15) is 5.10 Å². The number of hydrazone groups is 1. The molecular formula is C33H37N5O4. The molecule has 0 aromatic heterocycles. The van der Waals surface area contributed by atoms with Crippen LogP contribution in [0, 0.1) is 0 Å². The molecule has 3 aromatic rings. The van der Waals surface area contributed by atoms with Crippen LogP contribution in [0.2, 0.25) is 0 Å². The lowest BCUT2D eigenvalue weighted by molar-refractivity contribution is -0.142. The average molecular weight is 568 g/mol. The molecule has 42 heavy (non-hydrogen) atoms. The highest BCUT2D eigenvalue weighted by atomic mass is 16.4. The van der Waals surface area contributed by atoms with E-state index in [0.29, 0.717) is 30.8 Å². The van der Waals surface area contributed by atoms with Gasteiger partial charge in [0.15, 0.2) is 0 Å². The monoisotopic (exact) mass is 567 g/mol. The number of benzene rings is 3. The molecule has 3 aromatic carbocycles. The molecule has 1 fully saturated rings. The van der Waals surface area contributed by atoms with Crippen LogP contribution in [0.4, 0.5) is 11.4 Å². The summed E-state index contributed by atoms with van der Waals surface area (Å²) in [4.78, 5) is 43.1. The van der Waals surface area contributed by atoms with E-state index in [1.54, 1.807) is 29.2 Å². The molecule has 9 heteroatoms. The fraction of sp³-hybridized carbons (Fsp3) is 0.333. The van der Waals surface area contributed by atoms with Gasteiger partial charge in [-0.3, -0.25) is 14.4 Å². The Morgan fingerprint density at radius 2 is 1.74 bits per heavy atom. The third kappa shape index (κ3) is 6.79. The van der Waals surface area contributed by atoms with Crippen LogP contribution in [0.15, 0.2) is 77.9 Å². The summed E-state index contributed by atoms with van der Waals surface area (Å²) in [5.41, 5.74) is 4.76. The number of carbonyl (C=O) groups is 3. The number of fused-ring (bicyclic) bond motifs is 1. The Balaban J connectivity index is 1.48. The number of aliphatic carboxylic acids is 1. The highest BCUT2D eigenvalue weighted by Gasteiger charge is 2.40. The van der Waals surface area contributed by atoms with Gasteiger partial charge in [0.2, 0.25) is 5.91 Å². The zero-order valence-electron chi connectivity index (χ0n) is 23.6. The second-order valence-corrected chi connectivity index (χ2v) is 11.0. The Bertz CT molecular complexity index is 1430. The molecule has 4 N–H and O–H groups in total. The predicted molar refractivity (Wildman–Crippen MR) is 164 cm³/mol. The molecule has 1 atom stereocenters. The largest absolute Gasteiger partial charge is 0.481 e. The number of nitrogens with two attached hydrogens (primary N) is 1. The van der Waals surface area contributed by atoms with Gasteiger partial charge in [-0.05, 0) is 66.3 Å². The number of nitrogens with one attached hydrogen (secondary N) is 1. The van der Waals surface area contributed by atoms with Gasteiger partial charge in [0.25, 0.3) is 5.91 Å². The average Bonchev–Trinajstić information content (AvgIpc) is 3.11. The summed E-state index contributed by atoms with van der Waals surface area (Å²) in [6.45, 7) is 0.795. The molecule has 0 spiro atoms. The highest BCUT2D eigenvalue weighted by molar-refractivity contribution is 6.04. The zero-order chi connectivity index (χ0) is 29.5. The molecule has 1 aliphatic carbocycles. The first kappa shape index (κ1) is 28.9. The molecule has 1 aliphatic heterocycles. The summed E-state index contributed by atoms with van der Waals surface area (Å²) in [6, 6.07) is 21.9. The number of anilines is 2. The first-order valence-electron chi connectivity index (χ1n) is 14.5. The van der Waals surface area contributed by atoms with E-state index in [-0.39, 0.29) is 24.3 Å². The van der Waals surface area contributed by atoms with E-state index in [9.17, 15) is 19.5 Å². The van der Waals surface area contributed by atoms with Crippen LogP contribution in [-0.2, 0) is 22.6 Å². The zero-order valence-corrected chi connectivity index (χ0v) is 23.6. The van der Waals surface area contributed by atoms with E-state index >= 15 is 0 Å². The van der Waals surface area contributed by atoms with Crippen LogP contribution in [0.25, 0.3) is 0 Å². The summed E-state index contributed by atoms with van der Waals surface area (Å²) < 4.78 is 0. The molecular weight excluding hydrogens is 530 g/mol. The van der Waals surface area contributed by atoms with Crippen molar-refractivity contribution in [1.29, 1.82) is 0 Å². The first-order valence-corrected chi connectivity index (χ1v) is 14.5. The van der Waals surface area contributed by atoms with E-state index in [1.807, 2.05) is 48.5 Å². The summed E-state index contributed by atoms with van der Waals surface area (Å²) in [7, 11) is 0. The fourth-order valence-electron chi connectivity index (χ4n) is 6.09. The summed E-state index contributed by atoms with van der Waals surface area (Å²) in [5, 5.41) is 16.4. The molecule has 218 valence electrons. The van der Waals surface area contributed by atoms with Gasteiger partial charge in [-0.25, -0.2) is 0 Å². The van der Waals surface area contributed by atoms with Crippen molar-refractivity contribution in [3.8, 4) is 0 Å². The van der Waals surface area contributed by atoms with Crippen LogP contribution in [0.5, 0.6) is 0 Å². The van der Waals surface area contributed by atoms with Crippen molar-refractivity contribution in [2.75, 3.05) is 16.8 Å². The Morgan fingerprint density at radius 3 is 2.43 bits per heavy atom. The van der Waals surface area contributed by atoms with E-state index in [2.05, 4.69) is 15.3 Å². The third-order valence-electron chi connectivity index (χ3n) is 8.16. The summed E-state index contributed by atoms with van der Waals surface area (Å²) >= 11 is 0. The Morgan fingerprint density at radius 1 is 1.00 bits per heavy atom. The quantitative estimate of drug-likeness (QED) is 0.194. The second kappa shape index (κ2) is 13.3. The highest BCUT2D eigenvalue weighted by Crippen LogP contribution is 2.37. The molecule has 2 amide bonds. The maximum Gasteiger partial charge on any atom is 0.305 e.